The van der Waals surface area contributed by atoms with E-state index in [-0.39, 0.29) is 6.61 Å². The third-order valence-corrected chi connectivity index (χ3v) is 10.1. The highest BCUT2D eigenvalue weighted by Gasteiger charge is 2.33. The van der Waals surface area contributed by atoms with Crippen molar-refractivity contribution in [2.24, 2.45) is 0 Å². The van der Waals surface area contributed by atoms with Gasteiger partial charge >= 0.3 is 0 Å². The topological polar surface area (TPSA) is 63.9 Å². The maximum absolute atomic E-state index is 11.1. The van der Waals surface area contributed by atoms with Crippen molar-refractivity contribution >= 4 is 0 Å². The lowest BCUT2D eigenvalue weighted by Crippen LogP contribution is -2.44. The molecule has 0 saturated carbocycles. The van der Waals surface area contributed by atoms with E-state index in [0.29, 0.717) is 12.8 Å². The van der Waals surface area contributed by atoms with Gasteiger partial charge in [0.05, 0.1) is 12.2 Å². The summed E-state index contributed by atoms with van der Waals surface area (Å²) in [5, 5.41) is 30.8. The third-order valence-electron chi connectivity index (χ3n) is 10.1. The van der Waals surface area contributed by atoms with E-state index in [1.165, 1.54) is 174 Å². The average molecular weight is 642 g/mol. The number of unbranched alkanes of at least 4 members (excludes halogenated alkanes) is 26. The molecule has 0 amide bonds. The highest BCUT2D eigenvalue weighted by Crippen LogP contribution is 2.27. The Hall–Kier alpha value is -0.160. The molecule has 4 heteroatoms. The number of hydrogen-bond donors (Lipinski definition) is 3. The van der Waals surface area contributed by atoms with Gasteiger partial charge in [-0.2, -0.15) is 0 Å². The average Bonchev–Trinajstić information content (AvgIpc) is 3.05. The van der Waals surface area contributed by atoms with Crippen LogP contribution in [0, 0.1) is 0 Å². The van der Waals surface area contributed by atoms with Crippen molar-refractivity contribution in [3.63, 3.8) is 0 Å². The van der Waals surface area contributed by atoms with Gasteiger partial charge in [-0.25, -0.2) is 0 Å². The minimum absolute atomic E-state index is 0.340. The SMILES string of the molecule is CCCCCCCCCCCCCCCCC(O)(CCCCCCCCCCCCCCCC)C(O)CO.CCN(CC)CC. The first-order valence-corrected chi connectivity index (χ1v) is 20.7. The van der Waals surface area contributed by atoms with E-state index in [1.54, 1.807) is 0 Å². The Morgan fingerprint density at radius 2 is 0.622 bits per heavy atom. The third kappa shape index (κ3) is 33.5. The Bertz CT molecular complexity index is 487. The molecule has 0 rings (SSSR count). The fourth-order valence-corrected chi connectivity index (χ4v) is 6.55. The van der Waals surface area contributed by atoms with Crippen LogP contribution in [0.4, 0.5) is 0 Å². The Balaban J connectivity index is 0. The standard InChI is InChI=1S/C35H72O3.C6H15N/c1-3-5-7-9-11-13-15-17-19-21-23-25-27-29-31-35(38,34(37)33-36)32-30-28-26-24-22-20-18-16-14-12-10-8-6-4-2;1-4-7(5-2)6-3/h34,36-38H,3-33H2,1-2H3;4-6H2,1-3H3. The van der Waals surface area contributed by atoms with Crippen molar-refractivity contribution in [2.75, 3.05) is 26.2 Å². The molecule has 0 aromatic rings. The van der Waals surface area contributed by atoms with Gasteiger partial charge in [0.15, 0.2) is 0 Å². The fourth-order valence-electron chi connectivity index (χ4n) is 6.55. The molecule has 0 saturated heterocycles. The normalized spacial score (nSPS) is 12.5. The molecule has 0 bridgehead atoms. The summed E-state index contributed by atoms with van der Waals surface area (Å²) in [5.74, 6) is 0. The molecule has 1 unspecified atom stereocenters. The molecular weight excluding hydrogens is 554 g/mol. The van der Waals surface area contributed by atoms with Gasteiger partial charge in [-0.05, 0) is 32.5 Å². The smallest absolute Gasteiger partial charge is 0.106 e. The molecule has 0 radical (unpaired) electrons. The Morgan fingerprint density at radius 1 is 0.400 bits per heavy atom. The number of hydrogen-bond acceptors (Lipinski definition) is 4. The van der Waals surface area contributed by atoms with Gasteiger partial charge in [0.25, 0.3) is 0 Å². The second-order valence-electron chi connectivity index (χ2n) is 14.1. The molecule has 0 aliphatic carbocycles. The van der Waals surface area contributed by atoms with Gasteiger partial charge in [-0.1, -0.05) is 214 Å². The number of rotatable bonds is 35. The first-order chi connectivity index (χ1) is 21.9. The molecule has 0 aliphatic heterocycles. The summed E-state index contributed by atoms with van der Waals surface area (Å²) in [7, 11) is 0. The molecule has 45 heavy (non-hydrogen) atoms. The van der Waals surface area contributed by atoms with Crippen LogP contribution < -0.4 is 0 Å². The van der Waals surface area contributed by atoms with Crippen LogP contribution in [-0.4, -0.2) is 58.2 Å². The zero-order chi connectivity index (χ0) is 33.7. The molecule has 0 aromatic carbocycles. The first-order valence-electron chi connectivity index (χ1n) is 20.7. The number of aliphatic hydroxyl groups is 3. The molecular formula is C41H87NO3. The maximum atomic E-state index is 11.1. The largest absolute Gasteiger partial charge is 0.394 e. The zero-order valence-electron chi connectivity index (χ0n) is 31.9. The van der Waals surface area contributed by atoms with E-state index >= 15 is 0 Å². The van der Waals surface area contributed by atoms with Crippen molar-refractivity contribution in [1.29, 1.82) is 0 Å². The lowest BCUT2D eigenvalue weighted by Gasteiger charge is -2.32. The summed E-state index contributed by atoms with van der Waals surface area (Å²) >= 11 is 0. The van der Waals surface area contributed by atoms with Crippen LogP contribution in [0.5, 0.6) is 0 Å². The summed E-state index contributed by atoms with van der Waals surface area (Å²) in [5.41, 5.74) is -1.11. The van der Waals surface area contributed by atoms with Crippen LogP contribution in [0.15, 0.2) is 0 Å². The van der Waals surface area contributed by atoms with Crippen LogP contribution >= 0.6 is 0 Å². The molecule has 0 fully saturated rings. The lowest BCUT2D eigenvalue weighted by molar-refractivity contribution is -0.106. The van der Waals surface area contributed by atoms with Gasteiger partial charge in [-0.3, -0.25) is 0 Å². The molecule has 0 aromatic heterocycles. The van der Waals surface area contributed by atoms with Crippen LogP contribution in [0.2, 0.25) is 0 Å². The predicted octanol–water partition coefficient (Wildman–Crippen LogP) is 12.2. The van der Waals surface area contributed by atoms with Gasteiger partial charge < -0.3 is 20.2 Å². The Morgan fingerprint density at radius 3 is 0.800 bits per heavy atom. The second-order valence-corrected chi connectivity index (χ2v) is 14.1. The number of nitrogens with zero attached hydrogens (tertiary/aromatic N) is 1. The van der Waals surface area contributed by atoms with Crippen molar-refractivity contribution < 1.29 is 15.3 Å². The van der Waals surface area contributed by atoms with Crippen molar-refractivity contribution in [3.8, 4) is 0 Å². The summed E-state index contributed by atoms with van der Waals surface area (Å²) in [6, 6.07) is 0. The fraction of sp³-hybridized carbons (Fsp3) is 1.00. The van der Waals surface area contributed by atoms with E-state index in [4.69, 9.17) is 0 Å². The summed E-state index contributed by atoms with van der Waals surface area (Å²) in [6.07, 6.45) is 37.1. The summed E-state index contributed by atoms with van der Waals surface area (Å²) < 4.78 is 0. The summed E-state index contributed by atoms with van der Waals surface area (Å²) in [4.78, 5) is 2.38. The molecule has 0 spiro atoms. The molecule has 4 nitrogen and oxygen atoms in total. The maximum Gasteiger partial charge on any atom is 0.106 e. The van der Waals surface area contributed by atoms with E-state index < -0.39 is 11.7 Å². The van der Waals surface area contributed by atoms with Crippen LogP contribution in [0.25, 0.3) is 0 Å². The molecule has 3 N–H and O–H groups in total. The van der Waals surface area contributed by atoms with E-state index in [0.717, 1.165) is 25.7 Å². The number of aliphatic hydroxyl groups excluding tert-OH is 2. The molecule has 0 aliphatic rings. The lowest BCUT2D eigenvalue weighted by atomic mass is 9.85. The van der Waals surface area contributed by atoms with Crippen molar-refractivity contribution in [1.82, 2.24) is 4.90 Å². The van der Waals surface area contributed by atoms with E-state index in [9.17, 15) is 15.3 Å². The Labute approximate surface area is 284 Å². The highest BCUT2D eigenvalue weighted by atomic mass is 16.4. The van der Waals surface area contributed by atoms with Gasteiger partial charge in [0.2, 0.25) is 0 Å². The predicted molar refractivity (Wildman–Crippen MR) is 201 cm³/mol. The van der Waals surface area contributed by atoms with Crippen LogP contribution in [-0.2, 0) is 0 Å². The minimum Gasteiger partial charge on any atom is -0.394 e. The van der Waals surface area contributed by atoms with Gasteiger partial charge in [0, 0.05) is 0 Å². The van der Waals surface area contributed by atoms with Crippen molar-refractivity contribution in [3.05, 3.63) is 0 Å². The van der Waals surface area contributed by atoms with Crippen LogP contribution in [0.3, 0.4) is 0 Å². The molecule has 274 valence electrons. The monoisotopic (exact) mass is 642 g/mol. The van der Waals surface area contributed by atoms with Crippen LogP contribution in [0.1, 0.15) is 227 Å². The van der Waals surface area contributed by atoms with Crippen molar-refractivity contribution in [2.45, 2.75) is 239 Å². The Kier molecular flexibility index (Phi) is 40.0. The van der Waals surface area contributed by atoms with Gasteiger partial charge in [-0.15, -0.1) is 0 Å². The summed E-state index contributed by atoms with van der Waals surface area (Å²) in [6.45, 7) is 14.3. The zero-order valence-corrected chi connectivity index (χ0v) is 31.9. The molecule has 1 atom stereocenters. The molecule has 0 heterocycles. The first kappa shape index (κ1) is 47.0. The van der Waals surface area contributed by atoms with Gasteiger partial charge in [0.1, 0.15) is 6.10 Å². The second kappa shape index (κ2) is 38.3. The highest BCUT2D eigenvalue weighted by molar-refractivity contribution is 4.86. The quantitative estimate of drug-likeness (QED) is 0.0602. The van der Waals surface area contributed by atoms with E-state index in [2.05, 4.69) is 39.5 Å². The van der Waals surface area contributed by atoms with E-state index in [1.807, 2.05) is 0 Å². The minimum atomic E-state index is -1.11.